The lowest BCUT2D eigenvalue weighted by Gasteiger charge is -2.03. The fourth-order valence-electron chi connectivity index (χ4n) is 1.08. The van der Waals surface area contributed by atoms with Gasteiger partial charge in [0.1, 0.15) is 0 Å². The number of nitrogens with one attached hydrogen (secondary N) is 1. The highest BCUT2D eigenvalue weighted by atomic mass is 16.6. The van der Waals surface area contributed by atoms with Crippen LogP contribution in [0.5, 0.6) is 0 Å². The summed E-state index contributed by atoms with van der Waals surface area (Å²) in [5.41, 5.74) is 10.4. The number of ether oxygens (including phenoxy) is 3. The normalized spacial score (nSPS) is 17.7. The molecule has 82 valence electrons. The zero-order chi connectivity index (χ0) is 11.3. The highest BCUT2D eigenvalue weighted by molar-refractivity contribution is 5.91. The van der Waals surface area contributed by atoms with Gasteiger partial charge in [-0.2, -0.15) is 0 Å². The monoisotopic (exact) mass is 212 g/mol. The van der Waals surface area contributed by atoms with Gasteiger partial charge in [0.25, 0.3) is 5.76 Å². The van der Waals surface area contributed by atoms with Gasteiger partial charge in [-0.15, -0.1) is 0 Å². The Morgan fingerprint density at radius 3 is 2.67 bits per heavy atom. The second-order valence-electron chi connectivity index (χ2n) is 2.49. The summed E-state index contributed by atoms with van der Waals surface area (Å²) >= 11 is 0. The molecule has 1 aliphatic heterocycles. The molecule has 0 unspecified atom stereocenters. The van der Waals surface area contributed by atoms with Gasteiger partial charge in [0, 0.05) is 0 Å². The third-order valence-corrected chi connectivity index (χ3v) is 1.68. The highest BCUT2D eigenvalue weighted by Crippen LogP contribution is 2.26. The van der Waals surface area contributed by atoms with E-state index >= 15 is 0 Å². The number of methoxy groups -OCH3 is 2. The van der Waals surface area contributed by atoms with Gasteiger partial charge < -0.3 is 25.2 Å². The maximum absolute atomic E-state index is 11.2. The molecule has 0 aromatic rings. The zero-order valence-corrected chi connectivity index (χ0v) is 8.31. The molecule has 0 fully saturated rings. The summed E-state index contributed by atoms with van der Waals surface area (Å²) in [6.45, 7) is 0.197. The van der Waals surface area contributed by atoms with E-state index in [1.165, 1.54) is 20.3 Å². The van der Waals surface area contributed by atoms with Gasteiger partial charge in [-0.05, 0) is 12.6 Å². The molecule has 1 aliphatic rings. The van der Waals surface area contributed by atoms with Gasteiger partial charge in [-0.25, -0.2) is 4.79 Å². The number of carbonyl (C=O) groups excluding carboxylic acids is 1. The van der Waals surface area contributed by atoms with Crippen molar-refractivity contribution in [1.82, 2.24) is 5.43 Å². The second-order valence-corrected chi connectivity index (χ2v) is 2.49. The Morgan fingerprint density at radius 1 is 1.47 bits per heavy atom. The number of hydrogen-bond donors (Lipinski definition) is 1. The van der Waals surface area contributed by atoms with Crippen molar-refractivity contribution >= 4 is 5.97 Å². The van der Waals surface area contributed by atoms with E-state index in [9.17, 15) is 4.79 Å². The van der Waals surface area contributed by atoms with E-state index in [2.05, 4.69) is 10.6 Å². The molecule has 15 heavy (non-hydrogen) atoms. The first kappa shape index (κ1) is 11.0. The van der Waals surface area contributed by atoms with Gasteiger partial charge in [0.15, 0.2) is 5.76 Å². The Labute approximate surface area is 86.2 Å². The number of cyclic esters (lactones) is 1. The minimum absolute atomic E-state index is 0.0182. The smallest absolute Gasteiger partial charge is 0.383 e. The van der Waals surface area contributed by atoms with E-state index in [0.29, 0.717) is 0 Å². The molecule has 0 atom stereocenters. The molecule has 0 aliphatic carbocycles. The maximum Gasteiger partial charge on any atom is 0.383 e. The lowest BCUT2D eigenvalue weighted by atomic mass is 10.3. The maximum atomic E-state index is 11.2. The van der Waals surface area contributed by atoms with E-state index < -0.39 is 5.97 Å². The summed E-state index contributed by atoms with van der Waals surface area (Å²) in [5.74, 6) is -0.135. The van der Waals surface area contributed by atoms with Crippen molar-refractivity contribution in [2.24, 2.45) is 5.22 Å². The van der Waals surface area contributed by atoms with Crippen LogP contribution in [0.4, 0.5) is 0 Å². The van der Waals surface area contributed by atoms with Crippen LogP contribution < -0.4 is 5.43 Å². The third kappa shape index (κ3) is 2.25. The van der Waals surface area contributed by atoms with E-state index in [1.807, 2.05) is 0 Å². The molecular weight excluding hydrogens is 202 g/mol. The number of esters is 1. The van der Waals surface area contributed by atoms with Crippen LogP contribution in [0, 0.1) is 0 Å². The van der Waals surface area contributed by atoms with E-state index in [4.69, 9.17) is 19.7 Å². The minimum atomic E-state index is -0.610. The van der Waals surface area contributed by atoms with Crippen LogP contribution >= 0.6 is 0 Å². The Balaban J connectivity index is 2.84. The summed E-state index contributed by atoms with van der Waals surface area (Å²) < 4.78 is 14.6. The van der Waals surface area contributed by atoms with Crippen molar-refractivity contribution in [3.05, 3.63) is 28.9 Å². The molecule has 0 saturated carbocycles. The molecule has 0 aromatic heterocycles. The predicted octanol–water partition coefficient (Wildman–Crippen LogP) is 0.458. The van der Waals surface area contributed by atoms with Crippen LogP contribution in [-0.4, -0.2) is 26.7 Å². The van der Waals surface area contributed by atoms with Crippen LogP contribution in [0.15, 0.2) is 28.6 Å². The van der Waals surface area contributed by atoms with Gasteiger partial charge >= 0.3 is 5.97 Å². The van der Waals surface area contributed by atoms with Crippen LogP contribution in [0.2, 0.25) is 0 Å². The standard InChI is InChI=1S/C8H10N3O4/c1-13-6-5(3-4-10-11-9)15-8(12)7(6)14-2/h3H,4H2,1-2H3,(H-,9,10)/q-1. The third-order valence-electron chi connectivity index (χ3n) is 1.68. The average Bonchev–Trinajstić information content (AvgIpc) is 2.54. The topological polar surface area (TPSA) is 91.5 Å². The Hall–Kier alpha value is -2.05. The number of rotatable bonds is 5. The zero-order valence-electron chi connectivity index (χ0n) is 8.31. The van der Waals surface area contributed by atoms with Crippen molar-refractivity contribution in [1.29, 1.82) is 0 Å². The predicted molar refractivity (Wildman–Crippen MR) is 49.0 cm³/mol. The Morgan fingerprint density at radius 2 is 2.13 bits per heavy atom. The van der Waals surface area contributed by atoms with Crippen molar-refractivity contribution in [3.8, 4) is 0 Å². The fourth-order valence-corrected chi connectivity index (χ4v) is 1.08. The number of nitrogens with zero attached hydrogens (tertiary/aromatic N) is 2. The lowest BCUT2D eigenvalue weighted by molar-refractivity contribution is -0.136. The van der Waals surface area contributed by atoms with Gasteiger partial charge in [0.05, 0.1) is 14.2 Å². The van der Waals surface area contributed by atoms with Crippen molar-refractivity contribution < 1.29 is 19.0 Å². The molecule has 7 nitrogen and oxygen atoms in total. The molecule has 7 heteroatoms. The average molecular weight is 212 g/mol. The first-order valence-corrected chi connectivity index (χ1v) is 4.06. The van der Waals surface area contributed by atoms with E-state index in [-0.39, 0.29) is 23.8 Å². The Bertz CT molecular complexity index is 335. The quantitative estimate of drug-likeness (QED) is 0.309. The summed E-state index contributed by atoms with van der Waals surface area (Å²) in [4.78, 5) is 11.2. The molecule has 0 aromatic carbocycles. The summed E-state index contributed by atoms with van der Waals surface area (Å²) in [5, 5.41) is 2.68. The fraction of sp³-hybridized carbons (Fsp3) is 0.375. The summed E-state index contributed by atoms with van der Waals surface area (Å²) in [6, 6.07) is 0. The van der Waals surface area contributed by atoms with Crippen molar-refractivity contribution in [2.75, 3.05) is 20.8 Å². The molecule has 1 rings (SSSR count). The molecule has 0 saturated heterocycles. The summed E-state index contributed by atoms with van der Waals surface area (Å²) in [7, 11) is 2.74. The number of carbonyl (C=O) groups is 1. The second kappa shape index (κ2) is 4.99. The van der Waals surface area contributed by atoms with Gasteiger partial charge in [-0.1, -0.05) is 0 Å². The number of hydrogen-bond acceptors (Lipinski definition) is 5. The molecule has 0 amide bonds. The van der Waals surface area contributed by atoms with Gasteiger partial charge in [-0.3, -0.25) is 5.22 Å². The van der Waals surface area contributed by atoms with E-state index in [1.54, 1.807) is 0 Å². The van der Waals surface area contributed by atoms with Crippen LogP contribution in [0.25, 0.3) is 5.53 Å². The molecular formula is C8H10N3O4-. The molecule has 1 N–H and O–H groups in total. The highest BCUT2D eigenvalue weighted by Gasteiger charge is 2.32. The summed E-state index contributed by atoms with van der Waals surface area (Å²) in [6.07, 6.45) is 1.49. The largest absolute Gasteiger partial charge is 0.490 e. The SMILES string of the molecule is COC1=C(OC)C(=CCNN=[N-])OC1=O. The molecule has 1 heterocycles. The van der Waals surface area contributed by atoms with Crippen LogP contribution in [-0.2, 0) is 19.0 Å². The van der Waals surface area contributed by atoms with E-state index in [0.717, 1.165) is 0 Å². The molecule has 0 radical (unpaired) electrons. The Kier molecular flexibility index (Phi) is 3.67. The first-order valence-electron chi connectivity index (χ1n) is 4.06. The lowest BCUT2D eigenvalue weighted by Crippen LogP contribution is -2.04. The van der Waals surface area contributed by atoms with Crippen molar-refractivity contribution in [2.45, 2.75) is 0 Å². The van der Waals surface area contributed by atoms with Crippen LogP contribution in [0.1, 0.15) is 0 Å². The molecule has 0 bridgehead atoms. The first-order chi connectivity index (χ1) is 7.24. The molecule has 0 spiro atoms. The minimum Gasteiger partial charge on any atom is -0.490 e. The van der Waals surface area contributed by atoms with Crippen LogP contribution in [0.3, 0.4) is 0 Å². The van der Waals surface area contributed by atoms with Crippen molar-refractivity contribution in [3.63, 3.8) is 0 Å². The van der Waals surface area contributed by atoms with Gasteiger partial charge in [0.2, 0.25) is 5.76 Å².